The van der Waals surface area contributed by atoms with Gasteiger partial charge in [-0.25, -0.2) is 10.9 Å². The van der Waals surface area contributed by atoms with E-state index in [-0.39, 0.29) is 35.6 Å². The number of aryl methyl sites for hydroxylation is 1. The van der Waals surface area contributed by atoms with E-state index in [2.05, 4.69) is 5.32 Å². The van der Waals surface area contributed by atoms with Crippen LogP contribution in [0.5, 0.6) is 0 Å². The SMILES string of the molecule is CC(CC(=O)Nc1ccc(C#N)c(Cl)c1)CC(=O)N(N)c1cc2ccn(C)c2cc1Cl. The number of halogens is 2. The molecule has 0 saturated heterocycles. The zero-order valence-electron chi connectivity index (χ0n) is 17.0. The normalized spacial score (nSPS) is 11.7. The summed E-state index contributed by atoms with van der Waals surface area (Å²) in [5, 5.41) is 14.2. The van der Waals surface area contributed by atoms with Gasteiger partial charge in [0.05, 0.1) is 21.3 Å². The maximum absolute atomic E-state index is 12.7. The van der Waals surface area contributed by atoms with Crippen molar-refractivity contribution in [1.29, 1.82) is 5.26 Å². The zero-order chi connectivity index (χ0) is 22.7. The van der Waals surface area contributed by atoms with E-state index in [0.29, 0.717) is 22.0 Å². The number of rotatable bonds is 6. The molecule has 1 heterocycles. The number of aromatic nitrogens is 1. The van der Waals surface area contributed by atoms with Crippen molar-refractivity contribution in [3.63, 3.8) is 0 Å². The van der Waals surface area contributed by atoms with E-state index in [1.54, 1.807) is 25.1 Å². The molecule has 0 aliphatic rings. The molecule has 1 atom stereocenters. The van der Waals surface area contributed by atoms with Crippen LogP contribution >= 0.6 is 23.2 Å². The Hall–Kier alpha value is -3.05. The summed E-state index contributed by atoms with van der Waals surface area (Å²) in [4.78, 5) is 25.0. The molecule has 0 spiro atoms. The highest BCUT2D eigenvalue weighted by Gasteiger charge is 2.20. The van der Waals surface area contributed by atoms with Gasteiger partial charge in [-0.1, -0.05) is 30.1 Å². The molecule has 0 bridgehead atoms. The highest BCUT2D eigenvalue weighted by Crippen LogP contribution is 2.31. The molecule has 0 aliphatic carbocycles. The number of carbonyl (C=O) groups excluding carboxylic acids is 2. The minimum Gasteiger partial charge on any atom is -0.351 e. The second-order valence-corrected chi connectivity index (χ2v) is 8.24. The fraction of sp³-hybridized carbons (Fsp3) is 0.227. The Kier molecular flexibility index (Phi) is 6.86. The topological polar surface area (TPSA) is 104 Å². The zero-order valence-corrected chi connectivity index (χ0v) is 18.5. The molecule has 0 fully saturated rings. The van der Waals surface area contributed by atoms with Gasteiger partial charge < -0.3 is 9.88 Å². The molecule has 9 heteroatoms. The molecule has 1 aromatic heterocycles. The second-order valence-electron chi connectivity index (χ2n) is 7.42. The molecule has 0 aliphatic heterocycles. The van der Waals surface area contributed by atoms with Crippen molar-refractivity contribution < 1.29 is 9.59 Å². The molecule has 3 aromatic rings. The Morgan fingerprint density at radius 3 is 2.61 bits per heavy atom. The predicted molar refractivity (Wildman–Crippen MR) is 123 cm³/mol. The summed E-state index contributed by atoms with van der Waals surface area (Å²) in [5.41, 5.74) is 2.15. The van der Waals surface area contributed by atoms with Crippen LogP contribution in [0.4, 0.5) is 11.4 Å². The lowest BCUT2D eigenvalue weighted by Gasteiger charge is -2.20. The van der Waals surface area contributed by atoms with Gasteiger partial charge in [-0.05, 0) is 42.3 Å². The predicted octanol–water partition coefficient (Wildman–Crippen LogP) is 4.62. The van der Waals surface area contributed by atoms with E-state index in [0.717, 1.165) is 15.9 Å². The van der Waals surface area contributed by atoms with Crippen LogP contribution in [0.3, 0.4) is 0 Å². The molecular formula is C22H21Cl2N5O2. The van der Waals surface area contributed by atoms with Crippen molar-refractivity contribution in [2.45, 2.75) is 19.8 Å². The molecule has 1 unspecified atom stereocenters. The number of carbonyl (C=O) groups is 2. The first-order valence-corrected chi connectivity index (χ1v) is 10.3. The molecular weight excluding hydrogens is 437 g/mol. The fourth-order valence-electron chi connectivity index (χ4n) is 3.28. The average molecular weight is 458 g/mol. The Balaban J connectivity index is 1.61. The van der Waals surface area contributed by atoms with Gasteiger partial charge in [-0.3, -0.25) is 9.59 Å². The quantitative estimate of drug-likeness (QED) is 0.320. The summed E-state index contributed by atoms with van der Waals surface area (Å²) in [5.74, 6) is 5.16. The average Bonchev–Trinajstić information content (AvgIpc) is 3.06. The number of hydrogen-bond acceptors (Lipinski definition) is 4. The van der Waals surface area contributed by atoms with Crippen molar-refractivity contribution in [3.05, 3.63) is 58.2 Å². The van der Waals surface area contributed by atoms with Gasteiger partial charge in [0.15, 0.2) is 0 Å². The van der Waals surface area contributed by atoms with E-state index in [1.807, 2.05) is 29.9 Å². The van der Waals surface area contributed by atoms with Crippen molar-refractivity contribution in [1.82, 2.24) is 4.57 Å². The monoisotopic (exact) mass is 457 g/mol. The molecule has 3 rings (SSSR count). The van der Waals surface area contributed by atoms with Gasteiger partial charge in [0.1, 0.15) is 6.07 Å². The molecule has 160 valence electrons. The maximum Gasteiger partial charge on any atom is 0.241 e. The van der Waals surface area contributed by atoms with Crippen LogP contribution in [-0.4, -0.2) is 16.4 Å². The number of nitrogens with zero attached hydrogens (tertiary/aromatic N) is 3. The van der Waals surface area contributed by atoms with Crippen LogP contribution in [-0.2, 0) is 16.6 Å². The van der Waals surface area contributed by atoms with E-state index in [1.165, 1.54) is 12.1 Å². The van der Waals surface area contributed by atoms with Crippen molar-refractivity contribution in [2.75, 3.05) is 10.3 Å². The smallest absolute Gasteiger partial charge is 0.241 e. The molecule has 7 nitrogen and oxygen atoms in total. The number of nitrogens with two attached hydrogens (primary N) is 1. The van der Waals surface area contributed by atoms with Crippen LogP contribution < -0.4 is 16.2 Å². The van der Waals surface area contributed by atoms with Crippen LogP contribution in [0.2, 0.25) is 10.0 Å². The highest BCUT2D eigenvalue weighted by atomic mass is 35.5. The number of anilines is 2. The third kappa shape index (κ3) is 5.17. The summed E-state index contributed by atoms with van der Waals surface area (Å²) in [7, 11) is 1.91. The third-order valence-corrected chi connectivity index (χ3v) is 5.53. The number of nitriles is 1. The number of fused-ring (bicyclic) bond motifs is 1. The second kappa shape index (κ2) is 9.40. The number of hydrazine groups is 1. The fourth-order valence-corrected chi connectivity index (χ4v) is 3.75. The van der Waals surface area contributed by atoms with Crippen molar-refractivity contribution in [3.8, 4) is 6.07 Å². The van der Waals surface area contributed by atoms with E-state index >= 15 is 0 Å². The van der Waals surface area contributed by atoms with Crippen molar-refractivity contribution >= 4 is 57.3 Å². The third-order valence-electron chi connectivity index (χ3n) is 4.91. The van der Waals surface area contributed by atoms with Gasteiger partial charge in [-0.15, -0.1) is 0 Å². The Morgan fingerprint density at radius 2 is 1.94 bits per heavy atom. The van der Waals surface area contributed by atoms with Gasteiger partial charge in [0.25, 0.3) is 0 Å². The molecule has 31 heavy (non-hydrogen) atoms. The number of nitrogens with one attached hydrogen (secondary N) is 1. The first-order valence-electron chi connectivity index (χ1n) is 9.51. The van der Waals surface area contributed by atoms with Crippen LogP contribution in [0.1, 0.15) is 25.3 Å². The van der Waals surface area contributed by atoms with Gasteiger partial charge in [-0.2, -0.15) is 5.26 Å². The van der Waals surface area contributed by atoms with Gasteiger partial charge >= 0.3 is 0 Å². The number of benzene rings is 2. The summed E-state index contributed by atoms with van der Waals surface area (Å²) < 4.78 is 1.93. The molecule has 0 radical (unpaired) electrons. The first kappa shape index (κ1) is 22.6. The van der Waals surface area contributed by atoms with E-state index < -0.39 is 0 Å². The molecule has 3 N–H and O–H groups in total. The van der Waals surface area contributed by atoms with Gasteiger partial charge in [0, 0.05) is 42.7 Å². The Bertz CT molecular complexity index is 1200. The van der Waals surface area contributed by atoms with Crippen molar-refractivity contribution in [2.24, 2.45) is 18.8 Å². The van der Waals surface area contributed by atoms with Crippen LogP contribution in [0.15, 0.2) is 42.6 Å². The van der Waals surface area contributed by atoms with E-state index in [4.69, 9.17) is 34.3 Å². The number of hydrogen-bond donors (Lipinski definition) is 2. The van der Waals surface area contributed by atoms with Gasteiger partial charge in [0.2, 0.25) is 11.8 Å². The van der Waals surface area contributed by atoms with E-state index in [9.17, 15) is 9.59 Å². The minimum absolute atomic E-state index is 0.0706. The summed E-state index contributed by atoms with van der Waals surface area (Å²) in [6.45, 7) is 1.79. The largest absolute Gasteiger partial charge is 0.351 e. The minimum atomic E-state index is -0.348. The Morgan fingerprint density at radius 1 is 1.19 bits per heavy atom. The Labute approximate surface area is 189 Å². The van der Waals surface area contributed by atoms with Crippen LogP contribution in [0.25, 0.3) is 10.9 Å². The van der Waals surface area contributed by atoms with Crippen LogP contribution in [0, 0.1) is 17.2 Å². The summed E-state index contributed by atoms with van der Waals surface area (Å²) in [6, 6.07) is 12.0. The molecule has 2 amide bonds. The summed E-state index contributed by atoms with van der Waals surface area (Å²) >= 11 is 12.3. The maximum atomic E-state index is 12.7. The first-order chi connectivity index (χ1) is 14.7. The summed E-state index contributed by atoms with van der Waals surface area (Å²) in [6.07, 6.45) is 2.08. The standard InChI is InChI=1S/C22H21Cl2N5O2/c1-13(7-21(30)27-16-4-3-15(12-25)17(23)10-16)8-22(31)29(26)20-9-14-5-6-28(2)19(14)11-18(20)24/h3-6,9-11,13H,7-8,26H2,1-2H3,(H,27,30). The lowest BCUT2D eigenvalue weighted by atomic mass is 10.0. The molecule has 2 aromatic carbocycles. The lowest BCUT2D eigenvalue weighted by Crippen LogP contribution is -2.38. The highest BCUT2D eigenvalue weighted by molar-refractivity contribution is 6.34. The number of amides is 2. The molecule has 0 saturated carbocycles. The lowest BCUT2D eigenvalue weighted by molar-refractivity contribution is -0.120.